The first-order chi connectivity index (χ1) is 9.15. The van der Waals surface area contributed by atoms with Gasteiger partial charge in [-0.1, -0.05) is 0 Å². The predicted molar refractivity (Wildman–Crippen MR) is 72.1 cm³/mol. The maximum Gasteiger partial charge on any atom is 0.247 e. The highest BCUT2D eigenvalue weighted by atomic mass is 32.2. The summed E-state index contributed by atoms with van der Waals surface area (Å²) in [6, 6.07) is 3.65. The molecule has 96 valence electrons. The van der Waals surface area contributed by atoms with E-state index in [4.69, 9.17) is 4.42 Å². The van der Waals surface area contributed by atoms with Gasteiger partial charge in [-0.05, 0) is 35.8 Å². The van der Waals surface area contributed by atoms with Gasteiger partial charge in [0.05, 0.1) is 11.8 Å². The Hall–Kier alpha value is -1.92. The van der Waals surface area contributed by atoms with Crippen molar-refractivity contribution in [1.29, 1.82) is 0 Å². The van der Waals surface area contributed by atoms with Gasteiger partial charge < -0.3 is 8.97 Å². The average molecular weight is 273 g/mol. The minimum atomic E-state index is -1.15. The first-order valence-corrected chi connectivity index (χ1v) is 7.22. The fourth-order valence-electron chi connectivity index (χ4n) is 1.82. The molecule has 0 aromatic carbocycles. The molecule has 0 radical (unpaired) electrons. The van der Waals surface area contributed by atoms with Gasteiger partial charge in [0.15, 0.2) is 4.90 Å². The minimum Gasteiger partial charge on any atom is -0.612 e. The topological polar surface area (TPSA) is 74.9 Å². The molecule has 0 aliphatic rings. The summed E-state index contributed by atoms with van der Waals surface area (Å²) in [7, 11) is 0. The molecule has 1 atom stereocenters. The number of hydrogen-bond acceptors (Lipinski definition) is 5. The Morgan fingerprint density at radius 3 is 2.95 bits per heavy atom. The van der Waals surface area contributed by atoms with Crippen LogP contribution in [0.3, 0.4) is 0 Å². The van der Waals surface area contributed by atoms with E-state index in [1.165, 1.54) is 0 Å². The van der Waals surface area contributed by atoms with Gasteiger partial charge >= 0.3 is 0 Å². The van der Waals surface area contributed by atoms with Crippen LogP contribution in [0.5, 0.6) is 0 Å². The van der Waals surface area contributed by atoms with Gasteiger partial charge in [-0.25, -0.2) is 9.97 Å². The highest BCUT2D eigenvalue weighted by Gasteiger charge is 2.18. The molecule has 19 heavy (non-hydrogen) atoms. The molecule has 3 heterocycles. The molecule has 5 nitrogen and oxygen atoms in total. The Morgan fingerprint density at radius 2 is 2.16 bits per heavy atom. The Kier molecular flexibility index (Phi) is 2.96. The summed E-state index contributed by atoms with van der Waals surface area (Å²) in [5, 5.41) is 0. The molecule has 0 amide bonds. The van der Waals surface area contributed by atoms with Crippen LogP contribution in [-0.4, -0.2) is 25.8 Å². The quantitative estimate of drug-likeness (QED) is 0.670. The highest BCUT2D eigenvalue weighted by Crippen LogP contribution is 2.28. The van der Waals surface area contributed by atoms with E-state index in [0.29, 0.717) is 27.6 Å². The van der Waals surface area contributed by atoms with Crippen LogP contribution in [0.1, 0.15) is 5.56 Å². The standard InChI is InChI=1S/C13H11N3O2S/c1-8-5-10-13(15-6-8)18-12(16-10)9-3-4-14-7-11(9)19(2)17/h3-7H,1-2H3. The van der Waals surface area contributed by atoms with Crippen molar-refractivity contribution in [3.63, 3.8) is 0 Å². The zero-order valence-electron chi connectivity index (χ0n) is 10.5. The Balaban J connectivity index is 2.19. The second-order valence-corrected chi connectivity index (χ2v) is 5.53. The molecule has 3 rings (SSSR count). The van der Waals surface area contributed by atoms with Crippen molar-refractivity contribution < 1.29 is 8.97 Å². The van der Waals surface area contributed by atoms with Gasteiger partial charge in [0.1, 0.15) is 11.8 Å². The molecule has 0 bridgehead atoms. The summed E-state index contributed by atoms with van der Waals surface area (Å²) < 4.78 is 17.3. The maximum atomic E-state index is 11.7. The van der Waals surface area contributed by atoms with E-state index in [0.717, 1.165) is 5.56 Å². The molecule has 3 aromatic rings. The monoisotopic (exact) mass is 273 g/mol. The molecule has 0 saturated heterocycles. The van der Waals surface area contributed by atoms with Crippen LogP contribution >= 0.6 is 0 Å². The lowest BCUT2D eigenvalue weighted by atomic mass is 10.3. The summed E-state index contributed by atoms with van der Waals surface area (Å²) in [6.45, 7) is 1.94. The van der Waals surface area contributed by atoms with Crippen molar-refractivity contribution in [2.24, 2.45) is 0 Å². The van der Waals surface area contributed by atoms with Crippen LogP contribution in [0.15, 0.2) is 40.0 Å². The normalized spacial score (nSPS) is 12.8. The molecule has 0 aliphatic heterocycles. The van der Waals surface area contributed by atoms with Gasteiger partial charge in [-0.15, -0.1) is 0 Å². The second-order valence-electron chi connectivity index (χ2n) is 4.18. The van der Waals surface area contributed by atoms with Gasteiger partial charge in [0.25, 0.3) is 0 Å². The number of hydrogen-bond donors (Lipinski definition) is 0. The second kappa shape index (κ2) is 4.64. The van der Waals surface area contributed by atoms with E-state index in [1.54, 1.807) is 30.9 Å². The lowest BCUT2D eigenvalue weighted by Gasteiger charge is -2.06. The number of nitrogens with zero attached hydrogens (tertiary/aromatic N) is 3. The highest BCUT2D eigenvalue weighted by molar-refractivity contribution is 7.90. The number of oxazole rings is 1. The zero-order valence-corrected chi connectivity index (χ0v) is 11.3. The Morgan fingerprint density at radius 1 is 1.32 bits per heavy atom. The van der Waals surface area contributed by atoms with Crippen LogP contribution < -0.4 is 0 Å². The molecular formula is C13H11N3O2S. The summed E-state index contributed by atoms with van der Waals surface area (Å²) in [4.78, 5) is 13.2. The first kappa shape index (κ1) is 12.1. The number of aromatic nitrogens is 3. The van der Waals surface area contributed by atoms with Crippen molar-refractivity contribution >= 4 is 22.4 Å². The molecule has 0 spiro atoms. The van der Waals surface area contributed by atoms with Crippen LogP contribution in [0.4, 0.5) is 0 Å². The smallest absolute Gasteiger partial charge is 0.247 e. The fourth-order valence-corrected chi connectivity index (χ4v) is 2.50. The van der Waals surface area contributed by atoms with E-state index >= 15 is 0 Å². The maximum absolute atomic E-state index is 11.7. The van der Waals surface area contributed by atoms with Crippen LogP contribution in [0.25, 0.3) is 22.7 Å². The number of aryl methyl sites for hydroxylation is 1. The van der Waals surface area contributed by atoms with Crippen LogP contribution in [0.2, 0.25) is 0 Å². The van der Waals surface area contributed by atoms with E-state index in [1.807, 2.05) is 13.0 Å². The van der Waals surface area contributed by atoms with Crippen molar-refractivity contribution in [3.05, 3.63) is 36.3 Å². The van der Waals surface area contributed by atoms with Gasteiger partial charge in [0, 0.05) is 12.4 Å². The third-order valence-corrected chi connectivity index (χ3v) is 3.65. The Labute approximate surface area is 112 Å². The lowest BCUT2D eigenvalue weighted by molar-refractivity contribution is 0.593. The van der Waals surface area contributed by atoms with Crippen molar-refractivity contribution in [2.75, 3.05) is 6.26 Å². The molecular weight excluding hydrogens is 262 g/mol. The molecule has 1 unspecified atom stereocenters. The number of rotatable bonds is 2. The van der Waals surface area contributed by atoms with E-state index < -0.39 is 11.2 Å². The molecule has 0 aliphatic carbocycles. The SMILES string of the molecule is Cc1cnc2oc(-c3ccncc3[S+](C)[O-])nc2c1. The molecule has 6 heteroatoms. The molecule has 3 aromatic heterocycles. The van der Waals surface area contributed by atoms with Crippen LogP contribution in [0, 0.1) is 6.92 Å². The van der Waals surface area contributed by atoms with Gasteiger partial charge in [-0.2, -0.15) is 0 Å². The fraction of sp³-hybridized carbons (Fsp3) is 0.154. The lowest BCUT2D eigenvalue weighted by Crippen LogP contribution is -2.00. The largest absolute Gasteiger partial charge is 0.612 e. The summed E-state index contributed by atoms with van der Waals surface area (Å²) in [5.41, 5.74) is 2.87. The van der Waals surface area contributed by atoms with Gasteiger partial charge in [-0.3, -0.25) is 4.98 Å². The Bertz CT molecular complexity index is 740. The first-order valence-electron chi connectivity index (χ1n) is 5.66. The summed E-state index contributed by atoms with van der Waals surface area (Å²) in [5.74, 6) is 0.417. The minimum absolute atomic E-state index is 0.417. The number of pyridine rings is 2. The summed E-state index contributed by atoms with van der Waals surface area (Å²) in [6.07, 6.45) is 6.52. The van der Waals surface area contributed by atoms with Crippen molar-refractivity contribution in [2.45, 2.75) is 11.8 Å². The molecule has 0 saturated carbocycles. The van der Waals surface area contributed by atoms with E-state index in [9.17, 15) is 4.55 Å². The van der Waals surface area contributed by atoms with E-state index in [2.05, 4.69) is 15.0 Å². The zero-order chi connectivity index (χ0) is 13.4. The van der Waals surface area contributed by atoms with E-state index in [-0.39, 0.29) is 0 Å². The van der Waals surface area contributed by atoms with Crippen molar-refractivity contribution in [3.8, 4) is 11.5 Å². The third kappa shape index (κ3) is 2.20. The number of fused-ring (bicyclic) bond motifs is 1. The predicted octanol–water partition coefficient (Wildman–Crippen LogP) is 2.33. The van der Waals surface area contributed by atoms with Gasteiger partial charge in [0.2, 0.25) is 11.6 Å². The molecule has 0 fully saturated rings. The molecule has 0 N–H and O–H groups in total. The summed E-state index contributed by atoms with van der Waals surface area (Å²) >= 11 is -1.15. The average Bonchev–Trinajstić information content (AvgIpc) is 2.81. The third-order valence-electron chi connectivity index (χ3n) is 2.71. The van der Waals surface area contributed by atoms with Crippen LogP contribution in [-0.2, 0) is 11.2 Å². The van der Waals surface area contributed by atoms with Crippen molar-refractivity contribution in [1.82, 2.24) is 15.0 Å².